The zero-order chi connectivity index (χ0) is 10.1. The quantitative estimate of drug-likeness (QED) is 0.860. The number of hydrogen-bond acceptors (Lipinski definition) is 3. The van der Waals surface area contributed by atoms with Crippen LogP contribution in [0.3, 0.4) is 0 Å². The predicted octanol–water partition coefficient (Wildman–Crippen LogP) is 2.07. The average Bonchev–Trinajstić information content (AvgIpc) is 2.50. The zero-order valence-corrected chi connectivity index (χ0v) is 9.55. The van der Waals surface area contributed by atoms with Crippen molar-refractivity contribution in [3.63, 3.8) is 0 Å². The highest BCUT2D eigenvalue weighted by molar-refractivity contribution is 9.10. The van der Waals surface area contributed by atoms with Crippen molar-refractivity contribution >= 4 is 15.9 Å². The normalized spacial score (nSPS) is 14.5. The summed E-state index contributed by atoms with van der Waals surface area (Å²) in [6.07, 6.45) is 0.885. The number of nitrogens with one attached hydrogen (secondary N) is 1. The first-order valence-electron chi connectivity index (χ1n) is 4.09. The van der Waals surface area contributed by atoms with Gasteiger partial charge in [0, 0.05) is 5.54 Å². The molecule has 0 aliphatic heterocycles. The Morgan fingerprint density at radius 1 is 1.62 bits per heavy atom. The number of aliphatic hydroxyl groups excluding tert-OH is 1. The van der Waals surface area contributed by atoms with E-state index in [2.05, 4.69) is 21.2 Å². The Morgan fingerprint density at radius 2 is 2.23 bits per heavy atom. The maximum Gasteiger partial charge on any atom is 0.148 e. The topological polar surface area (TPSA) is 45.4 Å². The highest BCUT2D eigenvalue weighted by Crippen LogP contribution is 2.31. The molecule has 1 heterocycles. The van der Waals surface area contributed by atoms with Crippen molar-refractivity contribution in [2.24, 2.45) is 0 Å². The van der Waals surface area contributed by atoms with Gasteiger partial charge in [-0.05, 0) is 42.9 Å². The minimum atomic E-state index is -0.665. The van der Waals surface area contributed by atoms with Gasteiger partial charge < -0.3 is 14.8 Å². The summed E-state index contributed by atoms with van der Waals surface area (Å²) in [6.45, 7) is 3.82. The Kier molecular flexibility index (Phi) is 3.16. The van der Waals surface area contributed by atoms with Gasteiger partial charge in [0.1, 0.15) is 11.9 Å². The molecule has 13 heavy (non-hydrogen) atoms. The molecule has 0 saturated carbocycles. The predicted molar refractivity (Wildman–Crippen MR) is 54.5 cm³/mol. The number of furan rings is 1. The molecule has 0 fully saturated rings. The number of likely N-dealkylation sites (N-methyl/N-ethyl adjacent to an activating group) is 1. The molecule has 0 amide bonds. The van der Waals surface area contributed by atoms with Gasteiger partial charge in [0.25, 0.3) is 0 Å². The van der Waals surface area contributed by atoms with Gasteiger partial charge in [-0.3, -0.25) is 0 Å². The molecule has 3 nitrogen and oxygen atoms in total. The fourth-order valence-electron chi connectivity index (χ4n) is 0.965. The number of rotatable bonds is 3. The Bertz CT molecular complexity index is 283. The molecule has 4 heteroatoms. The zero-order valence-electron chi connectivity index (χ0n) is 7.97. The summed E-state index contributed by atoms with van der Waals surface area (Å²) in [6, 6.07) is 1.77. The molecule has 0 bridgehead atoms. The molecule has 1 aromatic rings. The Hall–Kier alpha value is -0.320. The van der Waals surface area contributed by atoms with E-state index in [-0.39, 0.29) is 0 Å². The Balaban J connectivity index is 2.91. The van der Waals surface area contributed by atoms with Gasteiger partial charge in [0.15, 0.2) is 0 Å². The fourth-order valence-corrected chi connectivity index (χ4v) is 1.38. The lowest BCUT2D eigenvalue weighted by Gasteiger charge is -2.28. The van der Waals surface area contributed by atoms with Crippen LogP contribution in [0.4, 0.5) is 0 Å². The SMILES string of the molecule is CNC(C)(C)C(O)c1occc1Br. The van der Waals surface area contributed by atoms with E-state index in [0.29, 0.717) is 5.76 Å². The van der Waals surface area contributed by atoms with Crippen LogP contribution in [-0.4, -0.2) is 17.7 Å². The molecular weight excluding hydrogens is 234 g/mol. The van der Waals surface area contributed by atoms with Gasteiger partial charge in [0.2, 0.25) is 0 Å². The Morgan fingerprint density at radius 3 is 2.62 bits per heavy atom. The minimum Gasteiger partial charge on any atom is -0.465 e. The lowest BCUT2D eigenvalue weighted by molar-refractivity contribution is 0.0646. The van der Waals surface area contributed by atoms with Gasteiger partial charge in [-0.15, -0.1) is 0 Å². The van der Waals surface area contributed by atoms with Crippen LogP contribution in [0.15, 0.2) is 21.2 Å². The molecule has 74 valence electrons. The monoisotopic (exact) mass is 247 g/mol. The summed E-state index contributed by atoms with van der Waals surface area (Å²) in [5.74, 6) is 0.555. The van der Waals surface area contributed by atoms with Crippen LogP contribution in [0.5, 0.6) is 0 Å². The summed E-state index contributed by atoms with van der Waals surface area (Å²) < 4.78 is 5.97. The summed E-state index contributed by atoms with van der Waals surface area (Å²) in [5, 5.41) is 13.0. The maximum atomic E-state index is 9.93. The molecule has 0 spiro atoms. The van der Waals surface area contributed by atoms with Crippen LogP contribution in [-0.2, 0) is 0 Å². The van der Waals surface area contributed by atoms with E-state index in [4.69, 9.17) is 4.42 Å². The third-order valence-electron chi connectivity index (χ3n) is 2.22. The number of halogens is 1. The second-order valence-corrected chi connectivity index (χ2v) is 4.36. The Labute approximate surface area is 86.3 Å². The van der Waals surface area contributed by atoms with Gasteiger partial charge in [-0.25, -0.2) is 0 Å². The van der Waals surface area contributed by atoms with Crippen molar-refractivity contribution in [3.05, 3.63) is 22.6 Å². The van der Waals surface area contributed by atoms with Crippen molar-refractivity contribution < 1.29 is 9.52 Å². The fraction of sp³-hybridized carbons (Fsp3) is 0.556. The summed E-state index contributed by atoms with van der Waals surface area (Å²) >= 11 is 3.31. The van der Waals surface area contributed by atoms with Gasteiger partial charge in [0.05, 0.1) is 10.7 Å². The molecule has 2 N–H and O–H groups in total. The van der Waals surface area contributed by atoms with Crippen molar-refractivity contribution in [2.75, 3.05) is 7.05 Å². The minimum absolute atomic E-state index is 0.402. The van der Waals surface area contributed by atoms with E-state index >= 15 is 0 Å². The van der Waals surface area contributed by atoms with E-state index in [1.807, 2.05) is 13.8 Å². The molecule has 0 saturated heterocycles. The van der Waals surface area contributed by atoms with Gasteiger partial charge in [-0.2, -0.15) is 0 Å². The van der Waals surface area contributed by atoms with Crippen LogP contribution in [0, 0.1) is 0 Å². The molecule has 1 atom stereocenters. The molecule has 0 aromatic carbocycles. The standard InChI is InChI=1S/C9H14BrNO2/c1-9(2,11-3)8(12)7-6(10)4-5-13-7/h4-5,8,11-12H,1-3H3. The highest BCUT2D eigenvalue weighted by atomic mass is 79.9. The first kappa shape index (κ1) is 10.8. The second kappa shape index (κ2) is 3.82. The molecular formula is C9H14BrNO2. The van der Waals surface area contributed by atoms with Crippen LogP contribution < -0.4 is 5.32 Å². The third kappa shape index (κ3) is 2.13. The van der Waals surface area contributed by atoms with Crippen LogP contribution in [0.25, 0.3) is 0 Å². The van der Waals surface area contributed by atoms with Crippen LogP contribution >= 0.6 is 15.9 Å². The first-order valence-corrected chi connectivity index (χ1v) is 4.88. The van der Waals surface area contributed by atoms with E-state index in [1.54, 1.807) is 19.4 Å². The van der Waals surface area contributed by atoms with Crippen molar-refractivity contribution in [2.45, 2.75) is 25.5 Å². The second-order valence-electron chi connectivity index (χ2n) is 3.51. The summed E-state index contributed by atoms with van der Waals surface area (Å²) in [7, 11) is 1.81. The molecule has 1 rings (SSSR count). The molecule has 0 radical (unpaired) electrons. The van der Waals surface area contributed by atoms with Crippen molar-refractivity contribution in [1.82, 2.24) is 5.32 Å². The number of hydrogen-bond donors (Lipinski definition) is 2. The highest BCUT2D eigenvalue weighted by Gasteiger charge is 2.30. The average molecular weight is 248 g/mol. The molecule has 1 aromatic heterocycles. The summed E-state index contributed by atoms with van der Waals surface area (Å²) in [5.41, 5.74) is -0.402. The molecule has 0 aliphatic carbocycles. The van der Waals surface area contributed by atoms with E-state index in [9.17, 15) is 5.11 Å². The summed E-state index contributed by atoms with van der Waals surface area (Å²) in [4.78, 5) is 0. The smallest absolute Gasteiger partial charge is 0.148 e. The largest absolute Gasteiger partial charge is 0.465 e. The van der Waals surface area contributed by atoms with Crippen LogP contribution in [0.1, 0.15) is 25.7 Å². The molecule has 0 aliphatic rings. The van der Waals surface area contributed by atoms with Gasteiger partial charge in [-0.1, -0.05) is 0 Å². The van der Waals surface area contributed by atoms with E-state index < -0.39 is 11.6 Å². The van der Waals surface area contributed by atoms with Crippen molar-refractivity contribution in [3.8, 4) is 0 Å². The maximum absolute atomic E-state index is 9.93. The third-order valence-corrected chi connectivity index (χ3v) is 2.88. The van der Waals surface area contributed by atoms with E-state index in [1.165, 1.54) is 0 Å². The van der Waals surface area contributed by atoms with E-state index in [0.717, 1.165) is 4.47 Å². The van der Waals surface area contributed by atoms with Gasteiger partial charge >= 0.3 is 0 Å². The first-order chi connectivity index (χ1) is 5.99. The lowest BCUT2D eigenvalue weighted by Crippen LogP contribution is -2.42. The lowest BCUT2D eigenvalue weighted by atomic mass is 9.96. The molecule has 1 unspecified atom stereocenters. The number of aliphatic hydroxyl groups is 1. The van der Waals surface area contributed by atoms with Crippen molar-refractivity contribution in [1.29, 1.82) is 0 Å². The van der Waals surface area contributed by atoms with Crippen LogP contribution in [0.2, 0.25) is 0 Å².